The predicted octanol–water partition coefficient (Wildman–Crippen LogP) is 4.77. The van der Waals surface area contributed by atoms with Gasteiger partial charge in [0.1, 0.15) is 0 Å². The Labute approximate surface area is 137 Å². The Morgan fingerprint density at radius 3 is 2.41 bits per heavy atom. The van der Waals surface area contributed by atoms with Crippen molar-refractivity contribution < 1.29 is 4.79 Å². The standard InChI is InChI=1S/C19H22ClNO/c1-4-18(17-10-5-13(2)11-14(17)3)21-19(22)12-15-6-8-16(20)9-7-15/h5-11,18H,4,12H2,1-3H3,(H,21,22)/t18-/m1/s1. The highest BCUT2D eigenvalue weighted by atomic mass is 35.5. The van der Waals surface area contributed by atoms with Crippen LogP contribution in [-0.4, -0.2) is 5.91 Å². The Morgan fingerprint density at radius 2 is 1.82 bits per heavy atom. The largest absolute Gasteiger partial charge is 0.349 e. The van der Waals surface area contributed by atoms with Crippen LogP contribution in [0.3, 0.4) is 0 Å². The molecule has 2 nitrogen and oxygen atoms in total. The third-order valence-electron chi connectivity index (χ3n) is 3.82. The first-order valence-electron chi connectivity index (χ1n) is 7.60. The summed E-state index contributed by atoms with van der Waals surface area (Å²) in [6, 6.07) is 13.8. The molecular weight excluding hydrogens is 294 g/mol. The maximum atomic E-state index is 12.3. The van der Waals surface area contributed by atoms with E-state index in [9.17, 15) is 4.79 Å². The van der Waals surface area contributed by atoms with E-state index in [4.69, 9.17) is 11.6 Å². The van der Waals surface area contributed by atoms with Gasteiger partial charge in [0, 0.05) is 5.02 Å². The van der Waals surface area contributed by atoms with Gasteiger partial charge in [0.25, 0.3) is 0 Å². The fourth-order valence-electron chi connectivity index (χ4n) is 2.65. The van der Waals surface area contributed by atoms with Crippen molar-refractivity contribution in [1.29, 1.82) is 0 Å². The lowest BCUT2D eigenvalue weighted by Crippen LogP contribution is -2.30. The topological polar surface area (TPSA) is 29.1 Å². The summed E-state index contributed by atoms with van der Waals surface area (Å²) in [5.41, 5.74) is 4.62. The van der Waals surface area contributed by atoms with Gasteiger partial charge in [-0.25, -0.2) is 0 Å². The van der Waals surface area contributed by atoms with Crippen molar-refractivity contribution in [2.24, 2.45) is 0 Å². The van der Waals surface area contributed by atoms with E-state index in [0.717, 1.165) is 12.0 Å². The first-order valence-corrected chi connectivity index (χ1v) is 7.98. The van der Waals surface area contributed by atoms with Crippen LogP contribution in [0, 0.1) is 13.8 Å². The molecule has 0 heterocycles. The average Bonchev–Trinajstić information content (AvgIpc) is 2.48. The second-order valence-electron chi connectivity index (χ2n) is 5.69. The predicted molar refractivity (Wildman–Crippen MR) is 92.2 cm³/mol. The van der Waals surface area contributed by atoms with E-state index in [1.165, 1.54) is 16.7 Å². The minimum atomic E-state index is 0.0362. The van der Waals surface area contributed by atoms with Gasteiger partial charge in [-0.15, -0.1) is 0 Å². The minimum absolute atomic E-state index is 0.0362. The summed E-state index contributed by atoms with van der Waals surface area (Å²) >= 11 is 5.86. The van der Waals surface area contributed by atoms with Gasteiger partial charge in [-0.2, -0.15) is 0 Å². The molecule has 0 spiro atoms. The van der Waals surface area contributed by atoms with Gasteiger partial charge in [-0.05, 0) is 49.1 Å². The Balaban J connectivity index is 2.06. The van der Waals surface area contributed by atoms with Crippen LogP contribution < -0.4 is 5.32 Å². The van der Waals surface area contributed by atoms with Crippen LogP contribution in [0.25, 0.3) is 0 Å². The number of hydrogen-bond donors (Lipinski definition) is 1. The summed E-state index contributed by atoms with van der Waals surface area (Å²) in [7, 11) is 0. The summed E-state index contributed by atoms with van der Waals surface area (Å²) < 4.78 is 0. The van der Waals surface area contributed by atoms with Gasteiger partial charge in [-0.3, -0.25) is 4.79 Å². The lowest BCUT2D eigenvalue weighted by Gasteiger charge is -2.20. The van der Waals surface area contributed by atoms with E-state index in [-0.39, 0.29) is 11.9 Å². The molecule has 116 valence electrons. The second kappa shape index (κ2) is 7.46. The second-order valence-corrected chi connectivity index (χ2v) is 6.13. The maximum absolute atomic E-state index is 12.3. The lowest BCUT2D eigenvalue weighted by atomic mass is 9.97. The summed E-state index contributed by atoms with van der Waals surface area (Å²) in [4.78, 5) is 12.3. The van der Waals surface area contributed by atoms with Gasteiger partial charge < -0.3 is 5.32 Å². The number of aryl methyl sites for hydroxylation is 2. The highest BCUT2D eigenvalue weighted by Crippen LogP contribution is 2.22. The summed E-state index contributed by atoms with van der Waals surface area (Å²) in [5.74, 6) is 0.0362. The number of carbonyl (C=O) groups excluding carboxylic acids is 1. The van der Waals surface area contributed by atoms with Crippen LogP contribution >= 0.6 is 11.6 Å². The van der Waals surface area contributed by atoms with Crippen molar-refractivity contribution in [3.63, 3.8) is 0 Å². The molecule has 1 N–H and O–H groups in total. The zero-order chi connectivity index (χ0) is 16.1. The van der Waals surface area contributed by atoms with Gasteiger partial charge in [0.2, 0.25) is 5.91 Å². The van der Waals surface area contributed by atoms with Crippen LogP contribution in [0.15, 0.2) is 42.5 Å². The van der Waals surface area contributed by atoms with Crippen molar-refractivity contribution in [2.75, 3.05) is 0 Å². The third kappa shape index (κ3) is 4.35. The van der Waals surface area contributed by atoms with E-state index in [1.54, 1.807) is 0 Å². The molecule has 0 saturated carbocycles. The summed E-state index contributed by atoms with van der Waals surface area (Å²) in [6.45, 7) is 6.26. The number of benzene rings is 2. The molecule has 0 unspecified atom stereocenters. The highest BCUT2D eigenvalue weighted by molar-refractivity contribution is 6.30. The molecule has 0 saturated heterocycles. The molecule has 0 aromatic heterocycles. The Kier molecular flexibility index (Phi) is 5.62. The summed E-state index contributed by atoms with van der Waals surface area (Å²) in [6.07, 6.45) is 1.24. The molecule has 3 heteroatoms. The van der Waals surface area contributed by atoms with Crippen molar-refractivity contribution in [2.45, 2.75) is 39.7 Å². The van der Waals surface area contributed by atoms with Gasteiger partial charge >= 0.3 is 0 Å². The zero-order valence-electron chi connectivity index (χ0n) is 13.3. The Hall–Kier alpha value is -1.80. The van der Waals surface area contributed by atoms with E-state index in [0.29, 0.717) is 11.4 Å². The molecule has 0 radical (unpaired) electrons. The molecule has 2 aromatic rings. The van der Waals surface area contributed by atoms with Gasteiger partial charge in [-0.1, -0.05) is 54.4 Å². The molecule has 0 fully saturated rings. The molecule has 0 bridgehead atoms. The number of rotatable bonds is 5. The smallest absolute Gasteiger partial charge is 0.224 e. The average molecular weight is 316 g/mol. The normalized spacial score (nSPS) is 12.0. The molecule has 0 aliphatic carbocycles. The van der Waals surface area contributed by atoms with Crippen molar-refractivity contribution in [1.82, 2.24) is 5.32 Å². The molecule has 2 rings (SSSR count). The molecule has 0 aliphatic rings. The van der Waals surface area contributed by atoms with Gasteiger partial charge in [0.05, 0.1) is 12.5 Å². The number of nitrogens with one attached hydrogen (secondary N) is 1. The van der Waals surface area contributed by atoms with Crippen molar-refractivity contribution >= 4 is 17.5 Å². The van der Waals surface area contributed by atoms with Crippen LogP contribution in [0.5, 0.6) is 0 Å². The van der Waals surface area contributed by atoms with Crippen molar-refractivity contribution in [3.05, 3.63) is 69.7 Å². The molecule has 1 atom stereocenters. The molecule has 0 aliphatic heterocycles. The Bertz CT molecular complexity index is 649. The van der Waals surface area contributed by atoms with E-state index >= 15 is 0 Å². The first-order chi connectivity index (χ1) is 10.5. The number of carbonyl (C=O) groups is 1. The monoisotopic (exact) mass is 315 g/mol. The molecule has 22 heavy (non-hydrogen) atoms. The van der Waals surface area contributed by atoms with E-state index < -0.39 is 0 Å². The first kappa shape index (κ1) is 16.6. The highest BCUT2D eigenvalue weighted by Gasteiger charge is 2.15. The lowest BCUT2D eigenvalue weighted by molar-refractivity contribution is -0.121. The SMILES string of the molecule is CC[C@@H](NC(=O)Cc1ccc(Cl)cc1)c1ccc(C)cc1C. The number of amides is 1. The van der Waals surface area contributed by atoms with Crippen LogP contribution in [-0.2, 0) is 11.2 Å². The summed E-state index contributed by atoms with van der Waals surface area (Å²) in [5, 5.41) is 3.82. The zero-order valence-corrected chi connectivity index (χ0v) is 14.1. The third-order valence-corrected chi connectivity index (χ3v) is 4.07. The van der Waals surface area contributed by atoms with E-state index in [2.05, 4.69) is 44.3 Å². The molecule has 1 amide bonds. The minimum Gasteiger partial charge on any atom is -0.349 e. The van der Waals surface area contributed by atoms with Crippen LogP contribution in [0.1, 0.15) is 41.6 Å². The maximum Gasteiger partial charge on any atom is 0.224 e. The van der Waals surface area contributed by atoms with Crippen LogP contribution in [0.2, 0.25) is 5.02 Å². The fraction of sp³-hybridized carbons (Fsp3) is 0.316. The van der Waals surface area contributed by atoms with Crippen molar-refractivity contribution in [3.8, 4) is 0 Å². The molecular formula is C19H22ClNO. The molecule has 2 aromatic carbocycles. The quantitative estimate of drug-likeness (QED) is 0.846. The number of hydrogen-bond acceptors (Lipinski definition) is 1. The van der Waals surface area contributed by atoms with E-state index in [1.807, 2.05) is 24.3 Å². The fourth-order valence-corrected chi connectivity index (χ4v) is 2.78. The Morgan fingerprint density at radius 1 is 1.14 bits per heavy atom. The van der Waals surface area contributed by atoms with Crippen LogP contribution in [0.4, 0.5) is 0 Å². The number of halogens is 1. The van der Waals surface area contributed by atoms with Gasteiger partial charge in [0.15, 0.2) is 0 Å².